The monoisotopic (exact) mass is 355 g/mol. The molecule has 2 fully saturated rings. The molecule has 0 bridgehead atoms. The van der Waals surface area contributed by atoms with Gasteiger partial charge in [0.1, 0.15) is 12.0 Å². The van der Waals surface area contributed by atoms with Crippen LogP contribution in [0.25, 0.3) is 0 Å². The van der Waals surface area contributed by atoms with Crippen LogP contribution < -0.4 is 11.4 Å². The van der Waals surface area contributed by atoms with Gasteiger partial charge in [0.15, 0.2) is 0 Å². The second kappa shape index (κ2) is 6.34. The van der Waals surface area contributed by atoms with Crippen LogP contribution in [0, 0.1) is 17.3 Å². The van der Waals surface area contributed by atoms with E-state index in [0.717, 1.165) is 11.0 Å². The summed E-state index contributed by atoms with van der Waals surface area (Å²) >= 11 is 0. The van der Waals surface area contributed by atoms with Gasteiger partial charge in [-0.3, -0.25) is 4.57 Å². The first kappa shape index (κ1) is 18.3. The Hall–Kier alpha value is -1.51. The number of ether oxygens (including phenoxy) is 1. The van der Waals surface area contributed by atoms with Crippen molar-refractivity contribution >= 4 is 5.82 Å². The van der Waals surface area contributed by atoms with Gasteiger partial charge in [-0.2, -0.15) is 4.98 Å². The third-order valence-corrected chi connectivity index (χ3v) is 6.05. The highest BCUT2D eigenvalue weighted by molar-refractivity contribution is 5.24. The highest BCUT2D eigenvalue weighted by atomic mass is 19.1. The van der Waals surface area contributed by atoms with Crippen LogP contribution in [0.1, 0.15) is 33.2 Å². The smallest absolute Gasteiger partial charge is 0.349 e. The van der Waals surface area contributed by atoms with Crippen molar-refractivity contribution < 1.29 is 19.3 Å². The zero-order valence-corrected chi connectivity index (χ0v) is 14.7. The Morgan fingerprint density at radius 2 is 2.20 bits per heavy atom. The summed E-state index contributed by atoms with van der Waals surface area (Å²) in [4.78, 5) is 15.8. The van der Waals surface area contributed by atoms with Crippen molar-refractivity contribution in [1.29, 1.82) is 0 Å². The van der Waals surface area contributed by atoms with Gasteiger partial charge in [0, 0.05) is 24.1 Å². The fourth-order valence-electron chi connectivity index (χ4n) is 4.79. The molecule has 0 spiro atoms. The van der Waals surface area contributed by atoms with E-state index in [1.54, 1.807) is 6.92 Å². The molecule has 8 unspecified atom stereocenters. The summed E-state index contributed by atoms with van der Waals surface area (Å²) in [6.07, 6.45) is -1.96. The van der Waals surface area contributed by atoms with E-state index in [-0.39, 0.29) is 24.4 Å². The van der Waals surface area contributed by atoms with Gasteiger partial charge in [-0.1, -0.05) is 13.8 Å². The van der Waals surface area contributed by atoms with Crippen molar-refractivity contribution in [3.05, 3.63) is 22.7 Å². The highest BCUT2D eigenvalue weighted by Gasteiger charge is 2.59. The largest absolute Gasteiger partial charge is 0.396 e. The van der Waals surface area contributed by atoms with E-state index in [0.29, 0.717) is 0 Å². The molecule has 2 heterocycles. The van der Waals surface area contributed by atoms with Gasteiger partial charge >= 0.3 is 5.69 Å². The number of aliphatic hydroxyl groups excluding tert-OH is 2. The molecule has 8 atom stereocenters. The fraction of sp³-hybridized carbons (Fsp3) is 0.765. The fourth-order valence-corrected chi connectivity index (χ4v) is 4.79. The van der Waals surface area contributed by atoms with Gasteiger partial charge in [0.05, 0.1) is 24.4 Å². The Kier molecular flexibility index (Phi) is 4.63. The van der Waals surface area contributed by atoms with Gasteiger partial charge < -0.3 is 20.7 Å². The molecule has 1 aromatic heterocycles. The van der Waals surface area contributed by atoms with E-state index in [4.69, 9.17) is 10.5 Å². The number of rotatable bonds is 2. The molecule has 1 aromatic rings. The van der Waals surface area contributed by atoms with Crippen molar-refractivity contribution in [3.8, 4) is 0 Å². The summed E-state index contributed by atoms with van der Waals surface area (Å²) < 4.78 is 22.5. The minimum absolute atomic E-state index is 0.0463. The van der Waals surface area contributed by atoms with Crippen LogP contribution in [0.2, 0.25) is 0 Å². The first-order valence-corrected chi connectivity index (χ1v) is 8.63. The molecule has 0 amide bonds. The summed E-state index contributed by atoms with van der Waals surface area (Å²) in [6.45, 7) is 5.29. The Bertz CT molecular complexity index is 699. The van der Waals surface area contributed by atoms with Crippen LogP contribution >= 0.6 is 0 Å². The van der Waals surface area contributed by atoms with Crippen LogP contribution in [-0.2, 0) is 4.74 Å². The molecule has 8 heteroatoms. The molecule has 140 valence electrons. The molecule has 1 saturated carbocycles. The maximum absolute atomic E-state index is 15.3. The molecule has 0 radical (unpaired) electrons. The number of anilines is 1. The summed E-state index contributed by atoms with van der Waals surface area (Å²) in [6, 6.07) is 0.355. The average Bonchev–Trinajstić information content (AvgIpc) is 2.54. The zero-order valence-electron chi connectivity index (χ0n) is 14.7. The summed E-state index contributed by atoms with van der Waals surface area (Å²) in [5.74, 6) is -0.395. The lowest BCUT2D eigenvalue weighted by Gasteiger charge is -2.59. The summed E-state index contributed by atoms with van der Waals surface area (Å²) in [7, 11) is 0. The van der Waals surface area contributed by atoms with Crippen molar-refractivity contribution in [2.24, 2.45) is 17.3 Å². The first-order chi connectivity index (χ1) is 11.7. The van der Waals surface area contributed by atoms with Crippen molar-refractivity contribution in [2.45, 2.75) is 57.7 Å². The van der Waals surface area contributed by atoms with Crippen molar-refractivity contribution in [1.82, 2.24) is 9.55 Å². The minimum atomic E-state index is -1.79. The highest BCUT2D eigenvalue weighted by Crippen LogP contribution is 2.56. The molecule has 4 N–H and O–H groups in total. The second-order valence-corrected chi connectivity index (χ2v) is 7.71. The zero-order chi connectivity index (χ0) is 18.5. The molecule has 0 aromatic carbocycles. The minimum Gasteiger partial charge on any atom is -0.396 e. The maximum atomic E-state index is 15.3. The molecule has 25 heavy (non-hydrogen) atoms. The van der Waals surface area contributed by atoms with E-state index >= 15 is 4.39 Å². The normalized spacial score (nSPS) is 44.3. The number of aromatic nitrogens is 2. The quantitative estimate of drug-likeness (QED) is 0.713. The number of nitrogens with zero attached hydrogens (tertiary/aromatic N) is 2. The number of fused-ring (bicyclic) bond motifs is 1. The Morgan fingerprint density at radius 1 is 1.52 bits per heavy atom. The molecular weight excluding hydrogens is 329 g/mol. The van der Waals surface area contributed by atoms with E-state index in [2.05, 4.69) is 4.98 Å². The van der Waals surface area contributed by atoms with Gasteiger partial charge in [-0.15, -0.1) is 0 Å². The number of aliphatic hydroxyl groups is 2. The third kappa shape index (κ3) is 2.76. The van der Waals surface area contributed by atoms with E-state index in [1.807, 2.05) is 13.8 Å². The van der Waals surface area contributed by atoms with Crippen molar-refractivity contribution in [2.75, 3.05) is 12.3 Å². The average molecular weight is 355 g/mol. The molecule has 1 aliphatic heterocycles. The van der Waals surface area contributed by atoms with Gasteiger partial charge in [0.2, 0.25) is 0 Å². The van der Waals surface area contributed by atoms with Gasteiger partial charge in [0.25, 0.3) is 0 Å². The standard InChI is InChI=1S/C17H26FN3O4/c1-8-6-17(3)10(7-22)14(23)12(18)13(9(2)25-15(8)17)21-5-4-11(19)20-16(21)24/h4-5,8-10,12-15,22-23H,6-7H2,1-3H3,(H2,19,20,24). The first-order valence-electron chi connectivity index (χ1n) is 8.63. The molecule has 1 saturated heterocycles. The maximum Gasteiger partial charge on any atom is 0.349 e. The molecule has 2 aliphatic rings. The Labute approximate surface area is 145 Å². The number of halogens is 1. The lowest BCUT2D eigenvalue weighted by atomic mass is 9.53. The van der Waals surface area contributed by atoms with Crippen molar-refractivity contribution in [3.63, 3.8) is 0 Å². The van der Waals surface area contributed by atoms with E-state index in [9.17, 15) is 15.0 Å². The van der Waals surface area contributed by atoms with E-state index in [1.165, 1.54) is 12.3 Å². The van der Waals surface area contributed by atoms with E-state index < -0.39 is 41.4 Å². The Balaban J connectivity index is 2.04. The van der Waals surface area contributed by atoms with Crippen LogP contribution in [0.3, 0.4) is 0 Å². The molecular formula is C17H26FN3O4. The lowest BCUT2D eigenvalue weighted by molar-refractivity contribution is -0.245. The van der Waals surface area contributed by atoms with Crippen LogP contribution in [0.15, 0.2) is 17.1 Å². The topological polar surface area (TPSA) is 111 Å². The summed E-state index contributed by atoms with van der Waals surface area (Å²) in [5.41, 5.74) is 4.31. The van der Waals surface area contributed by atoms with Crippen LogP contribution in [0.4, 0.5) is 10.2 Å². The number of nitrogens with two attached hydrogens (primary N) is 1. The van der Waals surface area contributed by atoms with Crippen LogP contribution in [0.5, 0.6) is 0 Å². The molecule has 3 rings (SSSR count). The number of nitrogen functional groups attached to an aromatic ring is 1. The van der Waals surface area contributed by atoms with Crippen LogP contribution in [-0.4, -0.2) is 50.9 Å². The summed E-state index contributed by atoms with van der Waals surface area (Å²) in [5, 5.41) is 20.5. The number of alkyl halides is 1. The second-order valence-electron chi connectivity index (χ2n) is 7.71. The third-order valence-electron chi connectivity index (χ3n) is 6.05. The number of hydrogen-bond donors (Lipinski definition) is 3. The SMILES string of the molecule is CC1CC2(C)C(CO)C(O)C(F)C(n3ccc(N)nc3=O)C(C)OC12. The predicted molar refractivity (Wildman–Crippen MR) is 89.6 cm³/mol. The predicted octanol–water partition coefficient (Wildman–Crippen LogP) is 0.507. The molecule has 1 aliphatic carbocycles. The Morgan fingerprint density at radius 3 is 2.76 bits per heavy atom. The van der Waals surface area contributed by atoms with Gasteiger partial charge in [-0.25, -0.2) is 9.18 Å². The number of hydrogen-bond acceptors (Lipinski definition) is 6. The van der Waals surface area contributed by atoms with Gasteiger partial charge in [-0.05, 0) is 25.3 Å². The lowest BCUT2D eigenvalue weighted by Crippen LogP contribution is -2.64. The molecule has 7 nitrogen and oxygen atoms in total.